The van der Waals surface area contributed by atoms with Crippen LogP contribution in [0, 0.1) is 13.8 Å². The molecule has 3 aromatic rings. The third kappa shape index (κ3) is 3.79. The molecule has 146 valence electrons. The summed E-state index contributed by atoms with van der Waals surface area (Å²) in [6, 6.07) is 7.36. The number of rotatable bonds is 4. The number of aryl methyl sites for hydroxylation is 1. The van der Waals surface area contributed by atoms with Gasteiger partial charge in [0.2, 0.25) is 0 Å². The standard InChI is InChI=1S/C19H15F3N2O3S/c1-9-10(2)28-18(15(9)16(23)25)24-17(26)14-7-6-13(27-14)11-4-3-5-12(8-11)19(20,21)22/h3-8H,1-2H3,(H2,23,25)(H,24,26). The molecule has 0 aliphatic rings. The lowest BCUT2D eigenvalue weighted by Crippen LogP contribution is -2.17. The summed E-state index contributed by atoms with van der Waals surface area (Å²) in [5.41, 5.74) is 5.65. The Balaban J connectivity index is 1.86. The maximum absolute atomic E-state index is 12.9. The Hall–Kier alpha value is -3.07. The molecule has 28 heavy (non-hydrogen) atoms. The fourth-order valence-electron chi connectivity index (χ4n) is 2.64. The van der Waals surface area contributed by atoms with Crippen molar-refractivity contribution in [2.45, 2.75) is 20.0 Å². The van der Waals surface area contributed by atoms with E-state index in [-0.39, 0.29) is 22.6 Å². The highest BCUT2D eigenvalue weighted by molar-refractivity contribution is 7.16. The fourth-order valence-corrected chi connectivity index (χ4v) is 3.70. The van der Waals surface area contributed by atoms with E-state index in [1.54, 1.807) is 13.8 Å². The third-order valence-electron chi connectivity index (χ3n) is 4.16. The predicted molar refractivity (Wildman–Crippen MR) is 99.4 cm³/mol. The van der Waals surface area contributed by atoms with Gasteiger partial charge in [-0.15, -0.1) is 11.3 Å². The molecule has 5 nitrogen and oxygen atoms in total. The van der Waals surface area contributed by atoms with Crippen LogP contribution in [0.3, 0.4) is 0 Å². The molecule has 0 radical (unpaired) electrons. The minimum atomic E-state index is -4.48. The highest BCUT2D eigenvalue weighted by atomic mass is 32.1. The zero-order valence-electron chi connectivity index (χ0n) is 14.8. The van der Waals surface area contributed by atoms with Crippen molar-refractivity contribution < 1.29 is 27.2 Å². The molecule has 0 unspecified atom stereocenters. The summed E-state index contributed by atoms with van der Waals surface area (Å²) in [6.45, 7) is 3.51. The van der Waals surface area contributed by atoms with Crippen LogP contribution in [0.25, 0.3) is 11.3 Å². The van der Waals surface area contributed by atoms with E-state index < -0.39 is 23.6 Å². The van der Waals surface area contributed by atoms with E-state index in [0.29, 0.717) is 10.6 Å². The summed E-state index contributed by atoms with van der Waals surface area (Å²) in [5.74, 6) is -1.29. The maximum atomic E-state index is 12.9. The highest BCUT2D eigenvalue weighted by Gasteiger charge is 2.30. The molecular formula is C19H15F3N2O3S. The minimum Gasteiger partial charge on any atom is -0.451 e. The third-order valence-corrected chi connectivity index (χ3v) is 5.29. The number of anilines is 1. The number of nitrogens with one attached hydrogen (secondary N) is 1. The topological polar surface area (TPSA) is 85.3 Å². The van der Waals surface area contributed by atoms with Gasteiger partial charge in [0.05, 0.1) is 11.1 Å². The van der Waals surface area contributed by atoms with Crippen molar-refractivity contribution in [2.24, 2.45) is 5.73 Å². The lowest BCUT2D eigenvalue weighted by atomic mass is 10.1. The summed E-state index contributed by atoms with van der Waals surface area (Å²) in [5, 5.41) is 2.87. The smallest absolute Gasteiger partial charge is 0.416 e. The Labute approximate surface area is 162 Å². The van der Waals surface area contributed by atoms with Gasteiger partial charge in [0.25, 0.3) is 11.8 Å². The van der Waals surface area contributed by atoms with Crippen LogP contribution in [0.5, 0.6) is 0 Å². The summed E-state index contributed by atoms with van der Waals surface area (Å²) in [7, 11) is 0. The number of hydrogen-bond donors (Lipinski definition) is 2. The fraction of sp³-hybridized carbons (Fsp3) is 0.158. The van der Waals surface area contributed by atoms with E-state index in [4.69, 9.17) is 10.2 Å². The van der Waals surface area contributed by atoms with E-state index >= 15 is 0 Å². The molecule has 0 aliphatic carbocycles. The molecule has 0 aliphatic heterocycles. The molecule has 2 heterocycles. The number of furan rings is 1. The molecule has 0 spiro atoms. The summed E-state index contributed by atoms with van der Waals surface area (Å²) in [4.78, 5) is 24.9. The average Bonchev–Trinajstić information content (AvgIpc) is 3.20. The second kappa shape index (κ2) is 7.16. The van der Waals surface area contributed by atoms with Crippen molar-refractivity contribution in [3.8, 4) is 11.3 Å². The number of primary amides is 1. The maximum Gasteiger partial charge on any atom is 0.416 e. The predicted octanol–water partition coefficient (Wildman–Crippen LogP) is 4.99. The van der Waals surface area contributed by atoms with Crippen LogP contribution in [0.1, 0.15) is 36.9 Å². The van der Waals surface area contributed by atoms with E-state index in [0.717, 1.165) is 17.0 Å². The first-order valence-electron chi connectivity index (χ1n) is 8.06. The molecule has 2 amide bonds. The first-order valence-corrected chi connectivity index (χ1v) is 8.88. The Morgan fingerprint density at radius 2 is 1.86 bits per heavy atom. The van der Waals surface area contributed by atoms with E-state index in [1.807, 2.05) is 0 Å². The normalized spacial score (nSPS) is 11.5. The van der Waals surface area contributed by atoms with Crippen LogP contribution >= 0.6 is 11.3 Å². The van der Waals surface area contributed by atoms with E-state index in [2.05, 4.69) is 5.32 Å². The van der Waals surface area contributed by atoms with Gasteiger partial charge in [-0.1, -0.05) is 12.1 Å². The molecule has 0 atom stereocenters. The van der Waals surface area contributed by atoms with Gasteiger partial charge in [-0.2, -0.15) is 13.2 Å². The van der Waals surface area contributed by atoms with E-state index in [9.17, 15) is 22.8 Å². The number of alkyl halides is 3. The SMILES string of the molecule is Cc1sc(NC(=O)c2ccc(-c3cccc(C(F)(F)F)c3)o2)c(C(N)=O)c1C. The number of hydrogen-bond acceptors (Lipinski definition) is 4. The Bertz CT molecular complexity index is 1070. The van der Waals surface area contributed by atoms with E-state index in [1.165, 1.54) is 35.6 Å². The van der Waals surface area contributed by atoms with Gasteiger partial charge in [0.1, 0.15) is 10.8 Å². The molecule has 1 aromatic carbocycles. The van der Waals surface area contributed by atoms with Crippen molar-refractivity contribution in [1.82, 2.24) is 0 Å². The van der Waals surface area contributed by atoms with Crippen molar-refractivity contribution in [3.63, 3.8) is 0 Å². The number of thiophene rings is 1. The van der Waals surface area contributed by atoms with Crippen LogP contribution in [0.15, 0.2) is 40.8 Å². The van der Waals surface area contributed by atoms with Gasteiger partial charge in [0.15, 0.2) is 5.76 Å². The van der Waals surface area contributed by atoms with Gasteiger partial charge in [-0.3, -0.25) is 9.59 Å². The van der Waals surface area contributed by atoms with Crippen LogP contribution in [0.2, 0.25) is 0 Å². The quantitative estimate of drug-likeness (QED) is 0.637. The largest absolute Gasteiger partial charge is 0.451 e. The molecule has 0 saturated carbocycles. The first-order chi connectivity index (χ1) is 13.1. The first kappa shape index (κ1) is 19.7. The number of nitrogens with two attached hydrogens (primary N) is 1. The molecule has 0 bridgehead atoms. The molecule has 2 aromatic heterocycles. The minimum absolute atomic E-state index is 0.105. The highest BCUT2D eigenvalue weighted by Crippen LogP contribution is 2.34. The molecule has 9 heteroatoms. The Morgan fingerprint density at radius 3 is 2.50 bits per heavy atom. The van der Waals surface area contributed by atoms with Crippen LogP contribution in [-0.2, 0) is 6.18 Å². The second-order valence-electron chi connectivity index (χ2n) is 6.05. The van der Waals surface area contributed by atoms with Crippen LogP contribution < -0.4 is 11.1 Å². The van der Waals surface area contributed by atoms with Crippen molar-refractivity contribution >= 4 is 28.2 Å². The lowest BCUT2D eigenvalue weighted by Gasteiger charge is -2.07. The number of carbonyl (C=O) groups excluding carboxylic acids is 2. The zero-order valence-corrected chi connectivity index (χ0v) is 15.6. The zero-order chi connectivity index (χ0) is 20.6. The average molecular weight is 408 g/mol. The van der Waals surface area contributed by atoms with Gasteiger partial charge >= 0.3 is 6.18 Å². The van der Waals surface area contributed by atoms with Gasteiger partial charge in [-0.25, -0.2) is 0 Å². The number of halogens is 3. The summed E-state index contributed by atoms with van der Waals surface area (Å²) < 4.78 is 44.0. The number of carbonyl (C=O) groups is 2. The van der Waals surface area contributed by atoms with Crippen LogP contribution in [0.4, 0.5) is 18.2 Å². The van der Waals surface area contributed by atoms with Crippen molar-refractivity contribution in [2.75, 3.05) is 5.32 Å². The van der Waals surface area contributed by atoms with Crippen LogP contribution in [-0.4, -0.2) is 11.8 Å². The van der Waals surface area contributed by atoms with Crippen molar-refractivity contribution in [1.29, 1.82) is 0 Å². The van der Waals surface area contributed by atoms with Gasteiger partial charge in [0, 0.05) is 10.4 Å². The molecule has 3 rings (SSSR count). The Morgan fingerprint density at radius 1 is 1.14 bits per heavy atom. The molecule has 0 saturated heterocycles. The summed E-state index contributed by atoms with van der Waals surface area (Å²) >= 11 is 1.20. The molecule has 3 N–H and O–H groups in total. The summed E-state index contributed by atoms with van der Waals surface area (Å²) in [6.07, 6.45) is -4.48. The monoisotopic (exact) mass is 408 g/mol. The number of benzene rings is 1. The Kier molecular flexibility index (Phi) is 5.03. The van der Waals surface area contributed by atoms with Gasteiger partial charge in [-0.05, 0) is 43.7 Å². The molecular weight excluding hydrogens is 393 g/mol. The van der Waals surface area contributed by atoms with Gasteiger partial charge < -0.3 is 15.5 Å². The number of amides is 2. The second-order valence-corrected chi connectivity index (χ2v) is 7.27. The lowest BCUT2D eigenvalue weighted by molar-refractivity contribution is -0.137. The van der Waals surface area contributed by atoms with Crippen molar-refractivity contribution in [3.05, 3.63) is 63.7 Å². The molecule has 0 fully saturated rings.